The summed E-state index contributed by atoms with van der Waals surface area (Å²) in [7, 11) is 0. The van der Waals surface area contributed by atoms with Crippen molar-refractivity contribution in [3.63, 3.8) is 0 Å². The molecule has 1 aliphatic rings. The summed E-state index contributed by atoms with van der Waals surface area (Å²) in [5.41, 5.74) is 0.331. The van der Waals surface area contributed by atoms with Gasteiger partial charge in [-0.15, -0.1) is 11.3 Å². The molecule has 1 unspecified atom stereocenters. The molecule has 20 heavy (non-hydrogen) atoms. The van der Waals surface area contributed by atoms with E-state index < -0.39 is 34.7 Å². The Hall–Kier alpha value is -1.64. The molecule has 1 N–H and O–H groups in total. The van der Waals surface area contributed by atoms with Crippen LogP contribution >= 0.6 is 11.3 Å². The lowest BCUT2D eigenvalue weighted by atomic mass is 10.1. The van der Waals surface area contributed by atoms with Gasteiger partial charge in [0.1, 0.15) is 4.88 Å². The number of hydrogen-bond donors (Lipinski definition) is 1. The molecule has 0 saturated carbocycles. The van der Waals surface area contributed by atoms with Gasteiger partial charge >= 0.3 is 12.1 Å². The van der Waals surface area contributed by atoms with Crippen molar-refractivity contribution < 1.29 is 27.9 Å². The number of carboxylic acid groups (broad SMARTS) is 1. The first-order valence-corrected chi connectivity index (χ1v) is 6.72. The fourth-order valence-corrected chi connectivity index (χ4v) is 2.90. The largest absolute Gasteiger partial charge is 0.481 e. The second-order valence-electron chi connectivity index (χ2n) is 4.42. The Balaban J connectivity index is 2.23. The Morgan fingerprint density at radius 1 is 1.50 bits per heavy atom. The molecule has 1 fully saturated rings. The molecule has 0 spiro atoms. The standard InChI is InChI=1S/C11H11F3N2O3S/c12-11(13,14)9-8(15-5-20-9)10(19)16-3-1-2-6(16)4-7(17)18/h5-6H,1-4H2,(H,17,18). The summed E-state index contributed by atoms with van der Waals surface area (Å²) in [6.45, 7) is 0.256. The molecule has 1 aromatic heterocycles. The van der Waals surface area contributed by atoms with Gasteiger partial charge < -0.3 is 10.0 Å². The zero-order chi connectivity index (χ0) is 14.9. The van der Waals surface area contributed by atoms with Gasteiger partial charge in [0.05, 0.1) is 11.9 Å². The van der Waals surface area contributed by atoms with E-state index in [-0.39, 0.29) is 13.0 Å². The smallest absolute Gasteiger partial charge is 0.427 e. The minimum absolute atomic E-state index is 0.256. The number of amides is 1. The minimum atomic E-state index is -4.63. The maximum Gasteiger partial charge on any atom is 0.427 e. The summed E-state index contributed by atoms with van der Waals surface area (Å²) in [5.74, 6) is -1.92. The van der Waals surface area contributed by atoms with Crippen LogP contribution in [0.1, 0.15) is 34.6 Å². The van der Waals surface area contributed by atoms with Gasteiger partial charge in [0.2, 0.25) is 0 Å². The monoisotopic (exact) mass is 308 g/mol. The number of likely N-dealkylation sites (tertiary alicyclic amines) is 1. The van der Waals surface area contributed by atoms with E-state index in [4.69, 9.17) is 5.11 Å². The van der Waals surface area contributed by atoms with Gasteiger partial charge in [-0.05, 0) is 12.8 Å². The summed E-state index contributed by atoms with van der Waals surface area (Å²) in [6, 6.07) is -0.567. The van der Waals surface area contributed by atoms with Gasteiger partial charge in [-0.25, -0.2) is 4.98 Å². The number of hydrogen-bond acceptors (Lipinski definition) is 4. The molecule has 1 atom stereocenters. The van der Waals surface area contributed by atoms with Crippen molar-refractivity contribution >= 4 is 23.2 Å². The summed E-state index contributed by atoms with van der Waals surface area (Å²) in [5, 5.41) is 8.76. The molecule has 1 saturated heterocycles. The van der Waals surface area contributed by atoms with E-state index in [9.17, 15) is 22.8 Å². The van der Waals surface area contributed by atoms with E-state index >= 15 is 0 Å². The summed E-state index contributed by atoms with van der Waals surface area (Å²) in [4.78, 5) is 26.5. The van der Waals surface area contributed by atoms with Crippen LogP contribution < -0.4 is 0 Å². The first-order chi connectivity index (χ1) is 9.30. The zero-order valence-corrected chi connectivity index (χ0v) is 11.0. The number of halogens is 3. The fourth-order valence-electron chi connectivity index (χ4n) is 2.25. The van der Waals surface area contributed by atoms with Gasteiger partial charge in [-0.3, -0.25) is 9.59 Å². The lowest BCUT2D eigenvalue weighted by Gasteiger charge is -2.23. The number of aromatic nitrogens is 1. The van der Waals surface area contributed by atoms with E-state index in [1.165, 1.54) is 4.90 Å². The highest BCUT2D eigenvalue weighted by Gasteiger charge is 2.41. The van der Waals surface area contributed by atoms with Crippen LogP contribution in [0.2, 0.25) is 0 Å². The number of thiazole rings is 1. The molecule has 0 aliphatic carbocycles. The quantitative estimate of drug-likeness (QED) is 0.929. The minimum Gasteiger partial charge on any atom is -0.481 e. The average Bonchev–Trinajstić information content (AvgIpc) is 2.93. The number of rotatable bonds is 3. The van der Waals surface area contributed by atoms with Crippen LogP contribution in [0.5, 0.6) is 0 Å². The third kappa shape index (κ3) is 2.92. The van der Waals surface area contributed by atoms with Gasteiger partial charge in [0.15, 0.2) is 5.69 Å². The van der Waals surface area contributed by atoms with E-state index in [0.717, 1.165) is 5.51 Å². The molecule has 9 heteroatoms. The molecular weight excluding hydrogens is 297 g/mol. The molecule has 1 aliphatic heterocycles. The zero-order valence-electron chi connectivity index (χ0n) is 10.2. The molecular formula is C11H11F3N2O3S. The Morgan fingerprint density at radius 3 is 2.80 bits per heavy atom. The molecule has 1 aromatic rings. The highest BCUT2D eigenvalue weighted by atomic mass is 32.1. The van der Waals surface area contributed by atoms with Crippen molar-refractivity contribution in [1.29, 1.82) is 0 Å². The van der Waals surface area contributed by atoms with Crippen molar-refractivity contribution in [2.75, 3.05) is 6.54 Å². The third-order valence-corrected chi connectivity index (χ3v) is 3.95. The first kappa shape index (κ1) is 14.8. The van der Waals surface area contributed by atoms with Crippen LogP contribution in [0, 0.1) is 0 Å². The number of carbonyl (C=O) groups excluding carboxylic acids is 1. The number of carbonyl (C=O) groups is 2. The molecule has 2 rings (SSSR count). The average molecular weight is 308 g/mol. The Morgan fingerprint density at radius 2 is 2.20 bits per heavy atom. The van der Waals surface area contributed by atoms with Crippen LogP contribution in [-0.2, 0) is 11.0 Å². The number of alkyl halides is 3. The third-order valence-electron chi connectivity index (χ3n) is 3.08. The van der Waals surface area contributed by atoms with E-state index in [2.05, 4.69) is 4.98 Å². The van der Waals surface area contributed by atoms with Crippen LogP contribution in [0.4, 0.5) is 13.2 Å². The Bertz CT molecular complexity index is 529. The fraction of sp³-hybridized carbons (Fsp3) is 0.545. The molecule has 0 aromatic carbocycles. The summed E-state index contributed by atoms with van der Waals surface area (Å²) >= 11 is 0.359. The summed E-state index contributed by atoms with van der Waals surface area (Å²) in [6.07, 6.45) is -3.84. The van der Waals surface area contributed by atoms with Gasteiger partial charge in [-0.2, -0.15) is 13.2 Å². The van der Waals surface area contributed by atoms with E-state index in [0.29, 0.717) is 24.2 Å². The second kappa shape index (κ2) is 5.39. The summed E-state index contributed by atoms with van der Waals surface area (Å²) < 4.78 is 38.2. The first-order valence-electron chi connectivity index (χ1n) is 5.84. The molecule has 110 valence electrons. The van der Waals surface area contributed by atoms with Gasteiger partial charge in [0.25, 0.3) is 5.91 Å². The van der Waals surface area contributed by atoms with Crippen molar-refractivity contribution in [3.05, 3.63) is 16.1 Å². The van der Waals surface area contributed by atoms with Crippen LogP contribution in [0.15, 0.2) is 5.51 Å². The maximum absolute atomic E-state index is 12.7. The van der Waals surface area contributed by atoms with Crippen LogP contribution in [0.25, 0.3) is 0 Å². The number of carboxylic acids is 1. The second-order valence-corrected chi connectivity index (χ2v) is 5.28. The highest BCUT2D eigenvalue weighted by molar-refractivity contribution is 7.10. The van der Waals surface area contributed by atoms with Gasteiger partial charge in [0, 0.05) is 12.6 Å². The molecule has 5 nitrogen and oxygen atoms in total. The van der Waals surface area contributed by atoms with Crippen molar-refractivity contribution in [3.8, 4) is 0 Å². The SMILES string of the molecule is O=C(O)CC1CCCN1C(=O)c1ncsc1C(F)(F)F. The Kier molecular flexibility index (Phi) is 3.98. The normalized spacial score (nSPS) is 19.4. The lowest BCUT2D eigenvalue weighted by molar-refractivity contribution is -0.138. The highest BCUT2D eigenvalue weighted by Crippen LogP contribution is 2.36. The predicted molar refractivity (Wildman–Crippen MR) is 63.4 cm³/mol. The van der Waals surface area contributed by atoms with Gasteiger partial charge in [-0.1, -0.05) is 0 Å². The maximum atomic E-state index is 12.7. The topological polar surface area (TPSA) is 70.5 Å². The Labute approximate surface area is 116 Å². The molecule has 1 amide bonds. The molecule has 0 radical (unpaired) electrons. The predicted octanol–water partition coefficient (Wildman–Crippen LogP) is 2.24. The number of nitrogens with zero attached hydrogens (tertiary/aromatic N) is 2. The molecule has 2 heterocycles. The van der Waals surface area contributed by atoms with E-state index in [1.807, 2.05) is 0 Å². The van der Waals surface area contributed by atoms with E-state index in [1.54, 1.807) is 0 Å². The molecule has 0 bridgehead atoms. The lowest BCUT2D eigenvalue weighted by Crippen LogP contribution is -2.37. The van der Waals surface area contributed by atoms with Crippen molar-refractivity contribution in [2.45, 2.75) is 31.5 Å². The van der Waals surface area contributed by atoms with Crippen LogP contribution in [0.3, 0.4) is 0 Å². The van der Waals surface area contributed by atoms with Crippen LogP contribution in [-0.4, -0.2) is 39.5 Å². The van der Waals surface area contributed by atoms with Crippen molar-refractivity contribution in [2.24, 2.45) is 0 Å². The number of aliphatic carboxylic acids is 1. The van der Waals surface area contributed by atoms with Crippen molar-refractivity contribution in [1.82, 2.24) is 9.88 Å².